The van der Waals surface area contributed by atoms with Gasteiger partial charge in [-0.3, -0.25) is 5.10 Å². The molecule has 0 radical (unpaired) electrons. The number of hydrogen-bond donors (Lipinski definition) is 2. The lowest BCUT2D eigenvalue weighted by molar-refractivity contribution is 0.146. The Morgan fingerprint density at radius 1 is 1.12 bits per heavy atom. The van der Waals surface area contributed by atoms with Crippen LogP contribution in [-0.4, -0.2) is 40.5 Å². The van der Waals surface area contributed by atoms with E-state index in [1.807, 2.05) is 24.3 Å². The summed E-state index contributed by atoms with van der Waals surface area (Å²) in [5.74, 6) is 1.39. The van der Waals surface area contributed by atoms with Crippen LogP contribution in [0.5, 0.6) is 5.75 Å². The summed E-state index contributed by atoms with van der Waals surface area (Å²) < 4.78 is 10.6. The molecule has 0 amide bonds. The number of benzene rings is 2. The van der Waals surface area contributed by atoms with Crippen LogP contribution in [0.15, 0.2) is 36.4 Å². The minimum absolute atomic E-state index is 0.490. The van der Waals surface area contributed by atoms with Gasteiger partial charge in [-0.05, 0) is 30.3 Å². The van der Waals surface area contributed by atoms with Crippen LogP contribution in [0.2, 0.25) is 0 Å². The van der Waals surface area contributed by atoms with Gasteiger partial charge in [-0.25, -0.2) is 4.98 Å². The molecular formula is C18H15N5O2. The Morgan fingerprint density at radius 2 is 2.04 bits per heavy atom. The van der Waals surface area contributed by atoms with E-state index >= 15 is 0 Å². The van der Waals surface area contributed by atoms with E-state index in [-0.39, 0.29) is 0 Å². The predicted molar refractivity (Wildman–Crippen MR) is 93.3 cm³/mol. The predicted octanol–water partition coefficient (Wildman–Crippen LogP) is 3.00. The lowest BCUT2D eigenvalue weighted by atomic mass is 10.1. The van der Waals surface area contributed by atoms with Crippen LogP contribution < -0.4 is 4.74 Å². The Hall–Kier alpha value is -3.37. The van der Waals surface area contributed by atoms with Gasteiger partial charge in [-0.1, -0.05) is 0 Å². The first-order chi connectivity index (χ1) is 12.3. The smallest absolute Gasteiger partial charge is 0.159 e. The molecule has 2 heterocycles. The molecule has 2 aromatic heterocycles. The topological polar surface area (TPSA) is 99.6 Å². The molecule has 0 aliphatic rings. The summed E-state index contributed by atoms with van der Waals surface area (Å²) in [6, 6.07) is 13.2. The van der Waals surface area contributed by atoms with Gasteiger partial charge >= 0.3 is 0 Å². The summed E-state index contributed by atoms with van der Waals surface area (Å²) in [5.41, 5.74) is 3.81. The molecule has 0 spiro atoms. The molecule has 0 bridgehead atoms. The van der Waals surface area contributed by atoms with Crippen molar-refractivity contribution >= 4 is 21.9 Å². The molecule has 0 saturated heterocycles. The number of methoxy groups -OCH3 is 1. The van der Waals surface area contributed by atoms with Gasteiger partial charge in [0.15, 0.2) is 5.82 Å². The molecule has 7 nitrogen and oxygen atoms in total. The van der Waals surface area contributed by atoms with Crippen molar-refractivity contribution in [3.8, 4) is 23.3 Å². The van der Waals surface area contributed by atoms with Gasteiger partial charge in [0, 0.05) is 18.6 Å². The molecule has 0 aliphatic carbocycles. The highest BCUT2D eigenvalue weighted by molar-refractivity contribution is 5.93. The highest BCUT2D eigenvalue weighted by Crippen LogP contribution is 2.28. The second-order valence-corrected chi connectivity index (χ2v) is 5.55. The second kappa shape index (κ2) is 6.26. The molecule has 0 atom stereocenters. The summed E-state index contributed by atoms with van der Waals surface area (Å²) in [4.78, 5) is 7.87. The summed E-state index contributed by atoms with van der Waals surface area (Å²) >= 11 is 0. The van der Waals surface area contributed by atoms with Crippen molar-refractivity contribution < 1.29 is 9.47 Å². The van der Waals surface area contributed by atoms with Gasteiger partial charge in [0.2, 0.25) is 0 Å². The van der Waals surface area contributed by atoms with Crippen LogP contribution in [0, 0.1) is 11.3 Å². The van der Waals surface area contributed by atoms with Crippen LogP contribution in [-0.2, 0) is 4.74 Å². The summed E-state index contributed by atoms with van der Waals surface area (Å²) in [5, 5.41) is 17.3. The highest BCUT2D eigenvalue weighted by Gasteiger charge is 2.13. The molecule has 4 aromatic rings. The molecule has 2 aromatic carbocycles. The fourth-order valence-corrected chi connectivity index (χ4v) is 2.70. The normalized spacial score (nSPS) is 11.0. The fraction of sp³-hybridized carbons (Fsp3) is 0.167. The number of ether oxygens (including phenoxy) is 2. The maximum Gasteiger partial charge on any atom is 0.159 e. The summed E-state index contributed by atoms with van der Waals surface area (Å²) in [6.07, 6.45) is 0. The van der Waals surface area contributed by atoms with Crippen molar-refractivity contribution in [2.75, 3.05) is 20.3 Å². The first-order valence-electron chi connectivity index (χ1n) is 7.78. The van der Waals surface area contributed by atoms with E-state index in [0.717, 1.165) is 27.7 Å². The minimum atomic E-state index is 0.490. The van der Waals surface area contributed by atoms with E-state index in [9.17, 15) is 0 Å². The van der Waals surface area contributed by atoms with Gasteiger partial charge in [-0.2, -0.15) is 10.4 Å². The number of nitriles is 1. The average molecular weight is 333 g/mol. The van der Waals surface area contributed by atoms with Gasteiger partial charge in [0.05, 0.1) is 34.8 Å². The molecular weight excluding hydrogens is 318 g/mol. The molecule has 0 unspecified atom stereocenters. The van der Waals surface area contributed by atoms with Crippen molar-refractivity contribution in [2.45, 2.75) is 0 Å². The van der Waals surface area contributed by atoms with E-state index in [1.54, 1.807) is 19.2 Å². The Bertz CT molecular complexity index is 1090. The number of hydrogen-bond acceptors (Lipinski definition) is 5. The standard InChI is InChI=1S/C18H15N5O2/c1-24-6-7-25-12-3-5-15-16(9-12)21-18(20-15)17-13-8-11(10-19)2-4-14(13)22-23-17/h2-5,8-9H,6-7H2,1H3,(H,20,21)(H,22,23). The third-order valence-electron chi connectivity index (χ3n) is 3.93. The maximum absolute atomic E-state index is 9.10. The Labute approximate surface area is 143 Å². The fourth-order valence-electron chi connectivity index (χ4n) is 2.70. The maximum atomic E-state index is 9.10. The molecule has 0 aliphatic heterocycles. The van der Waals surface area contributed by atoms with Crippen LogP contribution >= 0.6 is 0 Å². The van der Waals surface area contributed by atoms with Gasteiger partial charge in [-0.15, -0.1) is 0 Å². The molecule has 7 heteroatoms. The molecule has 0 fully saturated rings. The van der Waals surface area contributed by atoms with E-state index in [2.05, 4.69) is 26.2 Å². The zero-order chi connectivity index (χ0) is 17.2. The third kappa shape index (κ3) is 2.79. The number of fused-ring (bicyclic) bond motifs is 2. The van der Waals surface area contributed by atoms with Crippen LogP contribution in [0.3, 0.4) is 0 Å². The van der Waals surface area contributed by atoms with Crippen LogP contribution in [0.25, 0.3) is 33.5 Å². The monoisotopic (exact) mass is 333 g/mol. The SMILES string of the molecule is COCCOc1ccc2nc(-c3n[nH]c4ccc(C#N)cc34)[nH]c2c1. The Kier molecular flexibility index (Phi) is 3.80. The number of rotatable bonds is 5. The summed E-state index contributed by atoms with van der Waals surface area (Å²) in [7, 11) is 1.64. The van der Waals surface area contributed by atoms with E-state index in [4.69, 9.17) is 14.7 Å². The quantitative estimate of drug-likeness (QED) is 0.547. The highest BCUT2D eigenvalue weighted by atomic mass is 16.5. The number of aromatic nitrogens is 4. The average Bonchev–Trinajstić information content (AvgIpc) is 3.24. The molecule has 4 rings (SSSR count). The number of nitrogens with one attached hydrogen (secondary N) is 2. The van der Waals surface area contributed by atoms with Crippen LogP contribution in [0.4, 0.5) is 0 Å². The Balaban J connectivity index is 1.73. The molecule has 0 saturated carbocycles. The first-order valence-corrected chi connectivity index (χ1v) is 7.78. The van der Waals surface area contributed by atoms with Crippen LogP contribution in [0.1, 0.15) is 5.56 Å². The van der Waals surface area contributed by atoms with Crippen molar-refractivity contribution in [2.24, 2.45) is 0 Å². The molecule has 2 N–H and O–H groups in total. The zero-order valence-electron chi connectivity index (χ0n) is 13.5. The third-order valence-corrected chi connectivity index (χ3v) is 3.93. The summed E-state index contributed by atoms with van der Waals surface area (Å²) in [6.45, 7) is 1.02. The van der Waals surface area contributed by atoms with Gasteiger partial charge in [0.1, 0.15) is 18.1 Å². The van der Waals surface area contributed by atoms with Crippen molar-refractivity contribution in [1.82, 2.24) is 20.2 Å². The van der Waals surface area contributed by atoms with E-state index in [1.165, 1.54) is 0 Å². The Morgan fingerprint density at radius 3 is 2.88 bits per heavy atom. The second-order valence-electron chi connectivity index (χ2n) is 5.55. The van der Waals surface area contributed by atoms with E-state index in [0.29, 0.717) is 30.3 Å². The minimum Gasteiger partial charge on any atom is -0.491 e. The van der Waals surface area contributed by atoms with Crippen molar-refractivity contribution in [3.05, 3.63) is 42.0 Å². The van der Waals surface area contributed by atoms with E-state index < -0.39 is 0 Å². The zero-order valence-corrected chi connectivity index (χ0v) is 13.5. The van der Waals surface area contributed by atoms with Gasteiger partial charge in [0.25, 0.3) is 0 Å². The number of nitrogens with zero attached hydrogens (tertiary/aromatic N) is 3. The lowest BCUT2D eigenvalue weighted by Gasteiger charge is -2.04. The van der Waals surface area contributed by atoms with Crippen molar-refractivity contribution in [1.29, 1.82) is 5.26 Å². The van der Waals surface area contributed by atoms with Crippen molar-refractivity contribution in [3.63, 3.8) is 0 Å². The molecule has 25 heavy (non-hydrogen) atoms. The largest absolute Gasteiger partial charge is 0.491 e. The first kappa shape index (κ1) is 15.2. The lowest BCUT2D eigenvalue weighted by Crippen LogP contribution is -2.03. The number of imidazole rings is 1. The van der Waals surface area contributed by atoms with Gasteiger partial charge < -0.3 is 14.5 Å². The molecule has 124 valence electrons. The number of H-pyrrole nitrogens is 2. The number of aromatic amines is 2.